The van der Waals surface area contributed by atoms with Gasteiger partial charge in [0, 0.05) is 28.6 Å². The zero-order chi connectivity index (χ0) is 28.3. The molecule has 1 aliphatic rings. The van der Waals surface area contributed by atoms with Gasteiger partial charge in [0.1, 0.15) is 11.4 Å². The van der Waals surface area contributed by atoms with Crippen molar-refractivity contribution in [2.75, 3.05) is 12.0 Å². The van der Waals surface area contributed by atoms with Crippen molar-refractivity contribution >= 4 is 40.0 Å². The molecule has 1 amide bonds. The zero-order valence-corrected chi connectivity index (χ0v) is 22.7. The van der Waals surface area contributed by atoms with Crippen LogP contribution in [0, 0.1) is 10.1 Å². The first-order valence-electron chi connectivity index (χ1n) is 12.7. The van der Waals surface area contributed by atoms with E-state index in [-0.39, 0.29) is 17.3 Å². The Kier molecular flexibility index (Phi) is 6.97. The fraction of sp³-hybridized carbons (Fsp3) is 0.0645. The molecule has 0 saturated carbocycles. The second kappa shape index (κ2) is 11.0. The Morgan fingerprint density at radius 2 is 1.61 bits per heavy atom. The summed E-state index contributed by atoms with van der Waals surface area (Å²) >= 11 is 1.34. The van der Waals surface area contributed by atoms with E-state index in [0.717, 1.165) is 11.3 Å². The summed E-state index contributed by atoms with van der Waals surface area (Å²) in [6.07, 6.45) is 0. The number of thiazole rings is 1. The number of nitro groups is 1. The number of nitro benzene ring substituents is 1. The predicted molar refractivity (Wildman–Crippen MR) is 159 cm³/mol. The summed E-state index contributed by atoms with van der Waals surface area (Å²) < 4.78 is 7.11. The van der Waals surface area contributed by atoms with Crippen LogP contribution in [0.3, 0.4) is 0 Å². The van der Waals surface area contributed by atoms with E-state index in [0.29, 0.717) is 39.6 Å². The lowest BCUT2D eigenvalue weighted by Crippen LogP contribution is -2.30. The van der Waals surface area contributed by atoms with Gasteiger partial charge in [-0.2, -0.15) is 5.10 Å². The summed E-state index contributed by atoms with van der Waals surface area (Å²) in [5.74, 6) is 0.361. The second-order valence-electron chi connectivity index (χ2n) is 9.15. The van der Waals surface area contributed by atoms with Gasteiger partial charge in [0.25, 0.3) is 11.6 Å². The third-order valence-electron chi connectivity index (χ3n) is 6.64. The topological polar surface area (TPSA) is 102 Å². The third-order valence-corrected chi connectivity index (χ3v) is 7.46. The van der Waals surface area contributed by atoms with Crippen molar-refractivity contribution in [3.05, 3.63) is 135 Å². The Balaban J connectivity index is 1.52. The molecule has 10 heteroatoms. The van der Waals surface area contributed by atoms with E-state index >= 15 is 0 Å². The van der Waals surface area contributed by atoms with Gasteiger partial charge >= 0.3 is 0 Å². The monoisotopic (exact) mass is 561 g/mol. The first-order valence-corrected chi connectivity index (χ1v) is 13.6. The summed E-state index contributed by atoms with van der Waals surface area (Å²) in [5.41, 5.74) is 4.68. The molecule has 2 heterocycles. The first kappa shape index (κ1) is 25.9. The molecule has 0 radical (unpaired) electrons. The molecule has 9 nitrogen and oxygen atoms in total. The maximum atomic E-state index is 13.9. The number of amides is 1. The van der Waals surface area contributed by atoms with E-state index < -0.39 is 4.92 Å². The number of benzene rings is 4. The summed E-state index contributed by atoms with van der Waals surface area (Å²) in [4.78, 5) is 31.7. The minimum absolute atomic E-state index is 0.0165. The van der Waals surface area contributed by atoms with Gasteiger partial charge in [-0.25, -0.2) is 9.67 Å². The molecule has 5 aromatic rings. The maximum Gasteiger partial charge on any atom is 0.279 e. The zero-order valence-electron chi connectivity index (χ0n) is 21.9. The Morgan fingerprint density at radius 3 is 2.37 bits per heavy atom. The Labute approximate surface area is 239 Å². The molecule has 0 saturated heterocycles. The van der Waals surface area contributed by atoms with Crippen molar-refractivity contribution in [2.24, 2.45) is 10.1 Å². The number of non-ortho nitro benzene ring substituents is 1. The van der Waals surface area contributed by atoms with Crippen molar-refractivity contribution in [1.82, 2.24) is 4.68 Å². The van der Waals surface area contributed by atoms with Crippen LogP contribution >= 0.6 is 11.3 Å². The number of rotatable bonds is 7. The summed E-state index contributed by atoms with van der Waals surface area (Å²) in [6.45, 7) is 0.400. The highest BCUT2D eigenvalue weighted by Crippen LogP contribution is 2.32. The van der Waals surface area contributed by atoms with Crippen LogP contribution in [0.15, 0.2) is 119 Å². The molecule has 0 atom stereocenters. The van der Waals surface area contributed by atoms with Crippen LogP contribution in [-0.2, 0) is 11.3 Å². The number of nitrogens with zero attached hydrogens (tertiary/aromatic N) is 5. The molecule has 41 heavy (non-hydrogen) atoms. The minimum atomic E-state index is -0.441. The Morgan fingerprint density at radius 1 is 0.902 bits per heavy atom. The number of carbonyl (C=O) groups excluding carboxylic acids is 1. The van der Waals surface area contributed by atoms with Crippen molar-refractivity contribution in [2.45, 2.75) is 6.54 Å². The smallest absolute Gasteiger partial charge is 0.279 e. The number of ether oxygens (including phenoxy) is 1. The van der Waals surface area contributed by atoms with Crippen molar-refractivity contribution in [3.8, 4) is 17.0 Å². The number of carbonyl (C=O) groups is 1. The van der Waals surface area contributed by atoms with E-state index in [9.17, 15) is 14.9 Å². The number of fused-ring (bicyclic) bond motifs is 1. The molecule has 6 rings (SSSR count). The average molecular weight is 562 g/mol. The van der Waals surface area contributed by atoms with E-state index in [1.807, 2.05) is 84.2 Å². The molecule has 0 N–H and O–H groups in total. The standard InChI is InChI=1S/C31H23N5O4S/c1-40-28-14-8-6-12-25(28)32-31-35(27(20-41-31)22-15-17-23(18-16-22)36(38)39)33-29-24-11-5-7-13-26(24)34(30(29)37)19-21-9-3-2-4-10-21/h2-18,20H,19H2,1H3/b32-31?,33-29+. The number of hydrogen-bond donors (Lipinski definition) is 0. The van der Waals surface area contributed by atoms with Crippen molar-refractivity contribution in [3.63, 3.8) is 0 Å². The number of methoxy groups -OCH3 is 1. The molecule has 0 fully saturated rings. The lowest BCUT2D eigenvalue weighted by molar-refractivity contribution is -0.384. The first-order chi connectivity index (χ1) is 20.0. The highest BCUT2D eigenvalue weighted by Gasteiger charge is 2.34. The van der Waals surface area contributed by atoms with E-state index in [1.165, 1.54) is 23.5 Å². The van der Waals surface area contributed by atoms with Crippen LogP contribution in [-0.4, -0.2) is 28.3 Å². The molecule has 202 valence electrons. The number of para-hydroxylation sites is 3. The van der Waals surface area contributed by atoms with Gasteiger partial charge in [-0.05, 0) is 35.9 Å². The van der Waals surface area contributed by atoms with Gasteiger partial charge in [0.05, 0.1) is 30.0 Å². The van der Waals surface area contributed by atoms with Crippen LogP contribution in [0.25, 0.3) is 11.3 Å². The fourth-order valence-corrected chi connectivity index (χ4v) is 5.48. The fourth-order valence-electron chi connectivity index (χ4n) is 4.63. The minimum Gasteiger partial charge on any atom is -0.494 e. The van der Waals surface area contributed by atoms with Gasteiger partial charge in [-0.15, -0.1) is 11.3 Å². The summed E-state index contributed by atoms with van der Waals surface area (Å²) in [6, 6.07) is 30.9. The lowest BCUT2D eigenvalue weighted by atomic mass is 10.1. The number of hydrogen-bond acceptors (Lipinski definition) is 7. The second-order valence-corrected chi connectivity index (χ2v) is 9.98. The van der Waals surface area contributed by atoms with E-state index in [4.69, 9.17) is 14.8 Å². The highest BCUT2D eigenvalue weighted by molar-refractivity contribution is 7.07. The lowest BCUT2D eigenvalue weighted by Gasteiger charge is -2.16. The van der Waals surface area contributed by atoms with Gasteiger partial charge in [0.2, 0.25) is 4.80 Å². The molecule has 1 aliphatic heterocycles. The van der Waals surface area contributed by atoms with Gasteiger partial charge in [0.15, 0.2) is 5.71 Å². The Hall–Kier alpha value is -5.35. The largest absolute Gasteiger partial charge is 0.494 e. The molecule has 0 spiro atoms. The van der Waals surface area contributed by atoms with Gasteiger partial charge in [-0.1, -0.05) is 60.7 Å². The molecule has 0 unspecified atom stereocenters. The average Bonchev–Trinajstić information content (AvgIpc) is 3.52. The van der Waals surface area contributed by atoms with E-state index in [2.05, 4.69) is 0 Å². The van der Waals surface area contributed by atoms with Crippen molar-refractivity contribution in [1.29, 1.82) is 0 Å². The Bertz CT molecular complexity index is 1860. The molecule has 1 aromatic heterocycles. The molecule has 0 bridgehead atoms. The molecule has 4 aromatic carbocycles. The van der Waals surface area contributed by atoms with Crippen LogP contribution < -0.4 is 14.4 Å². The van der Waals surface area contributed by atoms with E-state index in [1.54, 1.807) is 28.8 Å². The maximum absolute atomic E-state index is 13.9. The van der Waals surface area contributed by atoms with Gasteiger partial charge in [-0.3, -0.25) is 14.9 Å². The predicted octanol–water partition coefficient (Wildman–Crippen LogP) is 6.17. The number of anilines is 1. The van der Waals surface area contributed by atoms with Crippen LogP contribution in [0.4, 0.5) is 17.1 Å². The third kappa shape index (κ3) is 5.04. The SMILES string of the molecule is COc1ccccc1N=c1scc(-c2ccc([N+](=O)[O-])cc2)n1/N=C1/C(=O)N(Cc2ccccc2)c2ccccc21. The molecular weight excluding hydrogens is 538 g/mol. The van der Waals surface area contributed by atoms with Gasteiger partial charge < -0.3 is 9.64 Å². The highest BCUT2D eigenvalue weighted by atomic mass is 32.1. The number of aromatic nitrogens is 1. The van der Waals surface area contributed by atoms with Crippen LogP contribution in [0.5, 0.6) is 5.75 Å². The molecular formula is C31H23N5O4S. The molecule has 0 aliphatic carbocycles. The summed E-state index contributed by atoms with van der Waals surface area (Å²) in [5, 5.41) is 18.0. The quantitative estimate of drug-likeness (QED) is 0.175. The van der Waals surface area contributed by atoms with Crippen LogP contribution in [0.1, 0.15) is 11.1 Å². The normalized spacial score (nSPS) is 14.0. The van der Waals surface area contributed by atoms with Crippen LogP contribution in [0.2, 0.25) is 0 Å². The van der Waals surface area contributed by atoms with Crippen molar-refractivity contribution < 1.29 is 14.5 Å². The summed E-state index contributed by atoms with van der Waals surface area (Å²) in [7, 11) is 1.58.